The number of rotatable bonds is 6. The summed E-state index contributed by atoms with van der Waals surface area (Å²) < 4.78 is 0.816. The van der Waals surface area contributed by atoms with E-state index in [2.05, 4.69) is 38.3 Å². The van der Waals surface area contributed by atoms with Crippen molar-refractivity contribution >= 4 is 51.9 Å². The van der Waals surface area contributed by atoms with E-state index in [0.29, 0.717) is 16.9 Å². The highest BCUT2D eigenvalue weighted by atomic mass is 127. The Morgan fingerprint density at radius 2 is 1.59 bits per heavy atom. The van der Waals surface area contributed by atoms with E-state index in [4.69, 9.17) is 4.84 Å². The van der Waals surface area contributed by atoms with Crippen molar-refractivity contribution in [2.24, 2.45) is 10.2 Å². The molecule has 0 aliphatic carbocycles. The minimum Gasteiger partial charge on any atom is -0.339 e. The molecule has 0 bridgehead atoms. The number of nitrogens with zero attached hydrogens (tertiary/aromatic N) is 2. The van der Waals surface area contributed by atoms with E-state index in [1.165, 1.54) is 6.08 Å². The van der Waals surface area contributed by atoms with Crippen LogP contribution in [0.25, 0.3) is 6.08 Å². The smallest absolute Gasteiger partial charge is 0.339 e. The van der Waals surface area contributed by atoms with E-state index < -0.39 is 11.9 Å². The average molecular weight is 497 g/mol. The lowest BCUT2D eigenvalue weighted by atomic mass is 10.2. The highest BCUT2D eigenvalue weighted by molar-refractivity contribution is 14.1. The molecule has 0 aliphatic heterocycles. The van der Waals surface area contributed by atoms with Gasteiger partial charge < -0.3 is 4.84 Å². The van der Waals surface area contributed by atoms with Gasteiger partial charge in [0.05, 0.1) is 16.9 Å². The Balaban J connectivity index is 1.52. The first-order valence-electron chi connectivity index (χ1n) is 8.62. The lowest BCUT2D eigenvalue weighted by molar-refractivity contribution is -0.134. The quantitative estimate of drug-likeness (QED) is 0.202. The molecule has 1 amide bonds. The summed E-state index contributed by atoms with van der Waals surface area (Å²) in [5, 5.41) is 7.70. The monoisotopic (exact) mass is 497 g/mol. The number of hydrogen-bond acceptors (Lipinski definition) is 5. The number of anilines is 1. The average Bonchev–Trinajstić information content (AvgIpc) is 2.76. The van der Waals surface area contributed by atoms with Crippen LogP contribution in [0.1, 0.15) is 15.9 Å². The van der Waals surface area contributed by atoms with Gasteiger partial charge in [0.25, 0.3) is 5.91 Å². The first-order chi connectivity index (χ1) is 14.1. The van der Waals surface area contributed by atoms with Crippen LogP contribution in [0.3, 0.4) is 0 Å². The molecular weight excluding hydrogens is 481 g/mol. The van der Waals surface area contributed by atoms with E-state index in [1.54, 1.807) is 42.5 Å². The van der Waals surface area contributed by atoms with Gasteiger partial charge in [-0.3, -0.25) is 4.79 Å². The molecule has 1 N–H and O–H groups in total. The summed E-state index contributed by atoms with van der Waals surface area (Å²) >= 11 is 2.08. The molecule has 0 saturated heterocycles. The predicted molar refractivity (Wildman–Crippen MR) is 120 cm³/mol. The summed E-state index contributed by atoms with van der Waals surface area (Å²) in [6.07, 6.45) is 3.00. The number of carbonyl (C=O) groups is 2. The van der Waals surface area contributed by atoms with Crippen molar-refractivity contribution in [1.82, 2.24) is 0 Å². The summed E-state index contributed by atoms with van der Waals surface area (Å²) in [4.78, 5) is 28.8. The third kappa shape index (κ3) is 6.35. The van der Waals surface area contributed by atoms with Gasteiger partial charge >= 0.3 is 5.97 Å². The molecule has 0 aromatic heterocycles. The second-order valence-electron chi connectivity index (χ2n) is 5.80. The third-order valence-electron chi connectivity index (χ3n) is 3.71. The molecule has 0 spiro atoms. The normalized spacial score (nSPS) is 10.9. The van der Waals surface area contributed by atoms with Crippen LogP contribution in [0.15, 0.2) is 95.2 Å². The number of amides is 1. The van der Waals surface area contributed by atoms with Crippen LogP contribution in [0.2, 0.25) is 0 Å². The van der Waals surface area contributed by atoms with Crippen LogP contribution < -0.4 is 5.48 Å². The lowest BCUT2D eigenvalue weighted by Gasteiger charge is -2.04. The Hall–Kier alpha value is -3.33. The molecule has 0 radical (unpaired) electrons. The number of benzene rings is 3. The number of nitrogens with one attached hydrogen (secondary N) is 1. The van der Waals surface area contributed by atoms with Crippen LogP contribution in [0.4, 0.5) is 11.4 Å². The molecule has 144 valence electrons. The largest absolute Gasteiger partial charge is 0.355 e. The summed E-state index contributed by atoms with van der Waals surface area (Å²) in [6, 6.07) is 23.3. The minimum atomic E-state index is -0.527. The van der Waals surface area contributed by atoms with Crippen LogP contribution in [-0.2, 0) is 9.63 Å². The molecule has 7 heteroatoms. The van der Waals surface area contributed by atoms with Gasteiger partial charge in [-0.05, 0) is 70.6 Å². The van der Waals surface area contributed by atoms with Gasteiger partial charge in [0.2, 0.25) is 0 Å². The van der Waals surface area contributed by atoms with Crippen molar-refractivity contribution in [3.63, 3.8) is 0 Å². The van der Waals surface area contributed by atoms with E-state index >= 15 is 0 Å². The Labute approximate surface area is 181 Å². The molecular formula is C22H16IN3O3. The maximum absolute atomic E-state index is 12.1. The SMILES string of the molecule is O=C(/C=C/c1ccccc1)ONc1ccc(N=NC(=O)c2ccccc2I)cc1. The Morgan fingerprint density at radius 1 is 0.897 bits per heavy atom. The van der Waals surface area contributed by atoms with E-state index in [1.807, 2.05) is 42.5 Å². The van der Waals surface area contributed by atoms with E-state index in [9.17, 15) is 9.59 Å². The predicted octanol–water partition coefficient (Wildman–Crippen LogP) is 5.80. The van der Waals surface area contributed by atoms with Crippen molar-refractivity contribution in [2.45, 2.75) is 0 Å². The minimum absolute atomic E-state index is 0.406. The highest BCUT2D eigenvalue weighted by Gasteiger charge is 2.07. The van der Waals surface area contributed by atoms with Crippen LogP contribution >= 0.6 is 22.6 Å². The van der Waals surface area contributed by atoms with Gasteiger partial charge in [-0.1, -0.05) is 42.5 Å². The summed E-state index contributed by atoms with van der Waals surface area (Å²) in [7, 11) is 0. The fourth-order valence-electron chi connectivity index (χ4n) is 2.26. The zero-order valence-corrected chi connectivity index (χ0v) is 17.3. The molecule has 0 atom stereocenters. The second-order valence-corrected chi connectivity index (χ2v) is 6.96. The van der Waals surface area contributed by atoms with E-state index in [0.717, 1.165) is 9.13 Å². The molecule has 0 saturated carbocycles. The summed E-state index contributed by atoms with van der Waals surface area (Å²) in [5.41, 5.74) is 5.04. The maximum atomic E-state index is 12.1. The molecule has 3 aromatic rings. The molecule has 29 heavy (non-hydrogen) atoms. The Bertz CT molecular complexity index is 1050. The summed E-state index contributed by atoms with van der Waals surface area (Å²) in [6.45, 7) is 0. The molecule has 0 fully saturated rings. The van der Waals surface area contributed by atoms with E-state index in [-0.39, 0.29) is 0 Å². The second kappa shape index (κ2) is 10.3. The van der Waals surface area contributed by atoms with Crippen molar-refractivity contribution in [3.8, 4) is 0 Å². The van der Waals surface area contributed by atoms with Gasteiger partial charge in [0.1, 0.15) is 0 Å². The molecule has 6 nitrogen and oxygen atoms in total. The van der Waals surface area contributed by atoms with Crippen LogP contribution in [-0.4, -0.2) is 11.9 Å². The van der Waals surface area contributed by atoms with Crippen molar-refractivity contribution in [3.05, 3.63) is 99.6 Å². The van der Waals surface area contributed by atoms with Gasteiger partial charge in [-0.25, -0.2) is 10.3 Å². The number of hydrogen-bond donors (Lipinski definition) is 1. The number of azo groups is 1. The Kier molecular flexibility index (Phi) is 7.23. The maximum Gasteiger partial charge on any atom is 0.355 e. The van der Waals surface area contributed by atoms with Crippen molar-refractivity contribution in [2.75, 3.05) is 5.48 Å². The fraction of sp³-hybridized carbons (Fsp3) is 0. The third-order valence-corrected chi connectivity index (χ3v) is 4.65. The van der Waals surface area contributed by atoms with Crippen LogP contribution in [0.5, 0.6) is 0 Å². The topological polar surface area (TPSA) is 80.1 Å². The van der Waals surface area contributed by atoms with Gasteiger partial charge in [-0.2, -0.15) is 0 Å². The zero-order valence-electron chi connectivity index (χ0n) is 15.2. The fourth-order valence-corrected chi connectivity index (χ4v) is 2.88. The van der Waals surface area contributed by atoms with Gasteiger partial charge in [-0.15, -0.1) is 10.2 Å². The molecule has 3 rings (SSSR count). The zero-order chi connectivity index (χ0) is 20.5. The first-order valence-corrected chi connectivity index (χ1v) is 9.70. The summed E-state index contributed by atoms with van der Waals surface area (Å²) in [5.74, 6) is -0.933. The standard InChI is InChI=1S/C22H16IN3O3/c23-20-9-5-4-8-19(20)22(28)25-24-17-11-13-18(14-12-17)26-29-21(27)15-10-16-6-2-1-3-7-16/h1-15,26H/b15-10+,25-24?. The molecule has 0 unspecified atom stereocenters. The lowest BCUT2D eigenvalue weighted by Crippen LogP contribution is -2.07. The van der Waals surface area contributed by atoms with Crippen molar-refractivity contribution < 1.29 is 14.4 Å². The number of halogens is 1. The molecule has 3 aromatic carbocycles. The van der Waals surface area contributed by atoms with Crippen molar-refractivity contribution in [1.29, 1.82) is 0 Å². The van der Waals surface area contributed by atoms with Gasteiger partial charge in [0, 0.05) is 9.65 Å². The Morgan fingerprint density at radius 3 is 2.31 bits per heavy atom. The molecule has 0 heterocycles. The van der Waals surface area contributed by atoms with Crippen LogP contribution in [0, 0.1) is 3.57 Å². The highest BCUT2D eigenvalue weighted by Crippen LogP contribution is 2.18. The molecule has 0 aliphatic rings. The van der Waals surface area contributed by atoms with Gasteiger partial charge in [0.15, 0.2) is 0 Å². The number of carbonyl (C=O) groups excluding carboxylic acids is 2. The first kappa shape index (κ1) is 20.4.